The van der Waals surface area contributed by atoms with Gasteiger partial charge >= 0.3 is 5.97 Å². The number of aliphatic carboxylic acids is 1. The summed E-state index contributed by atoms with van der Waals surface area (Å²) in [5, 5.41) is 8.70. The van der Waals surface area contributed by atoms with Crippen LogP contribution in [-0.2, 0) is 4.79 Å². The first-order valence-corrected chi connectivity index (χ1v) is 3.74. The Balaban J connectivity index is 3.02. The number of rotatable bonds is 2. The molecule has 1 unspecified atom stereocenters. The van der Waals surface area contributed by atoms with Crippen molar-refractivity contribution in [2.75, 3.05) is 0 Å². The third kappa shape index (κ3) is 1.62. The lowest BCUT2D eigenvalue weighted by Crippen LogP contribution is -2.57. The van der Waals surface area contributed by atoms with Gasteiger partial charge in [-0.15, -0.1) is 0 Å². The number of quaternary nitrogens is 1. The molecule has 0 aliphatic heterocycles. The second kappa shape index (κ2) is 3.36. The van der Waals surface area contributed by atoms with Crippen molar-refractivity contribution in [3.05, 3.63) is 35.4 Å². The predicted molar refractivity (Wildman–Crippen MR) is 44.4 cm³/mol. The molecule has 0 amide bonds. The Morgan fingerprint density at radius 2 is 2.08 bits per heavy atom. The van der Waals surface area contributed by atoms with Gasteiger partial charge in [0, 0.05) is 5.56 Å². The number of hydrogen-bond donors (Lipinski definition) is 2. The summed E-state index contributed by atoms with van der Waals surface area (Å²) in [5.41, 5.74) is 5.32. The van der Waals surface area contributed by atoms with Crippen LogP contribution in [0, 0.1) is 6.92 Å². The summed E-state index contributed by atoms with van der Waals surface area (Å²) in [6, 6.07) is 6.72. The zero-order chi connectivity index (χ0) is 9.14. The Hall–Kier alpha value is -1.35. The van der Waals surface area contributed by atoms with E-state index in [0.29, 0.717) is 0 Å². The number of hydrogen-bond acceptors (Lipinski definition) is 1. The fraction of sp³-hybridized carbons (Fsp3) is 0.222. The molecule has 0 radical (unpaired) electrons. The van der Waals surface area contributed by atoms with E-state index in [9.17, 15) is 4.79 Å². The summed E-state index contributed by atoms with van der Waals surface area (Å²) in [6.45, 7) is 1.89. The van der Waals surface area contributed by atoms with E-state index >= 15 is 0 Å². The molecule has 0 aliphatic rings. The highest BCUT2D eigenvalue weighted by molar-refractivity contribution is 5.74. The molecule has 1 atom stereocenters. The summed E-state index contributed by atoms with van der Waals surface area (Å²) in [5.74, 6) is -0.885. The summed E-state index contributed by atoms with van der Waals surface area (Å²) < 4.78 is 0. The van der Waals surface area contributed by atoms with Gasteiger partial charge in [0.05, 0.1) is 0 Å². The van der Waals surface area contributed by atoms with Crippen molar-refractivity contribution in [1.82, 2.24) is 0 Å². The van der Waals surface area contributed by atoms with Gasteiger partial charge in [-0.3, -0.25) is 0 Å². The van der Waals surface area contributed by atoms with Gasteiger partial charge in [-0.2, -0.15) is 0 Å². The van der Waals surface area contributed by atoms with Crippen LogP contribution in [0.3, 0.4) is 0 Å². The molecule has 1 aromatic carbocycles. The van der Waals surface area contributed by atoms with Crippen molar-refractivity contribution in [3.63, 3.8) is 0 Å². The number of carbonyl (C=O) groups is 1. The minimum atomic E-state index is -0.885. The van der Waals surface area contributed by atoms with Crippen LogP contribution in [0.5, 0.6) is 0 Å². The molecule has 1 aromatic rings. The van der Waals surface area contributed by atoms with Crippen LogP contribution in [0.25, 0.3) is 0 Å². The molecule has 0 heterocycles. The number of carboxylic acid groups (broad SMARTS) is 1. The maximum Gasteiger partial charge on any atom is 0.367 e. The molecule has 0 fully saturated rings. The summed E-state index contributed by atoms with van der Waals surface area (Å²) in [7, 11) is 0. The van der Waals surface area contributed by atoms with E-state index in [2.05, 4.69) is 5.73 Å². The molecule has 0 bridgehead atoms. The Kier molecular flexibility index (Phi) is 2.45. The molecular weight excluding hydrogens is 154 g/mol. The molecule has 12 heavy (non-hydrogen) atoms. The van der Waals surface area contributed by atoms with Crippen molar-refractivity contribution in [2.45, 2.75) is 13.0 Å². The SMILES string of the molecule is Cc1ccccc1C([NH3+])C(=O)O. The van der Waals surface area contributed by atoms with Crippen LogP contribution in [0.4, 0.5) is 0 Å². The van der Waals surface area contributed by atoms with Crippen molar-refractivity contribution in [1.29, 1.82) is 0 Å². The van der Waals surface area contributed by atoms with E-state index in [0.717, 1.165) is 11.1 Å². The molecule has 0 saturated heterocycles. The molecule has 0 spiro atoms. The maximum atomic E-state index is 10.6. The first-order chi connectivity index (χ1) is 5.63. The maximum absolute atomic E-state index is 10.6. The standard InChI is InChI=1S/C9H11NO2/c1-6-4-2-3-5-7(6)8(10)9(11)12/h2-5,8H,10H2,1H3,(H,11,12)/p+1. The lowest BCUT2D eigenvalue weighted by Gasteiger charge is -2.05. The molecule has 0 saturated carbocycles. The highest BCUT2D eigenvalue weighted by Gasteiger charge is 2.19. The van der Waals surface area contributed by atoms with Crippen LogP contribution in [0.15, 0.2) is 24.3 Å². The van der Waals surface area contributed by atoms with E-state index in [-0.39, 0.29) is 0 Å². The zero-order valence-corrected chi connectivity index (χ0v) is 6.95. The summed E-state index contributed by atoms with van der Waals surface area (Å²) in [6.07, 6.45) is 0. The van der Waals surface area contributed by atoms with Crippen LogP contribution >= 0.6 is 0 Å². The third-order valence-electron chi connectivity index (χ3n) is 1.86. The van der Waals surface area contributed by atoms with E-state index in [1.54, 1.807) is 6.07 Å². The molecule has 1 rings (SSSR count). The fourth-order valence-electron chi connectivity index (χ4n) is 1.11. The van der Waals surface area contributed by atoms with Gasteiger partial charge in [0.2, 0.25) is 6.04 Å². The van der Waals surface area contributed by atoms with Crippen molar-refractivity contribution >= 4 is 5.97 Å². The second-order valence-corrected chi connectivity index (χ2v) is 2.75. The van der Waals surface area contributed by atoms with Crippen molar-refractivity contribution < 1.29 is 15.6 Å². The van der Waals surface area contributed by atoms with E-state index in [1.165, 1.54) is 0 Å². The quantitative estimate of drug-likeness (QED) is 0.666. The Bertz CT molecular complexity index is 296. The highest BCUT2D eigenvalue weighted by atomic mass is 16.4. The topological polar surface area (TPSA) is 64.9 Å². The van der Waals surface area contributed by atoms with Gasteiger partial charge in [-0.1, -0.05) is 24.3 Å². The number of aryl methyl sites for hydroxylation is 1. The predicted octanol–water partition coefficient (Wildman–Crippen LogP) is 0.363. The Labute approximate surface area is 70.8 Å². The monoisotopic (exact) mass is 166 g/mol. The average molecular weight is 166 g/mol. The van der Waals surface area contributed by atoms with Crippen molar-refractivity contribution in [2.24, 2.45) is 0 Å². The van der Waals surface area contributed by atoms with Gasteiger partial charge in [-0.05, 0) is 12.5 Å². The number of benzene rings is 1. The molecule has 3 heteroatoms. The molecular formula is C9H12NO2+. The highest BCUT2D eigenvalue weighted by Crippen LogP contribution is 2.13. The van der Waals surface area contributed by atoms with Gasteiger partial charge in [0.1, 0.15) is 0 Å². The van der Waals surface area contributed by atoms with Crippen LogP contribution < -0.4 is 5.73 Å². The smallest absolute Gasteiger partial charge is 0.367 e. The minimum Gasteiger partial charge on any atom is -0.477 e. The van der Waals surface area contributed by atoms with E-state index in [4.69, 9.17) is 5.11 Å². The van der Waals surface area contributed by atoms with Gasteiger partial charge in [0.25, 0.3) is 0 Å². The Morgan fingerprint density at radius 3 is 2.58 bits per heavy atom. The normalized spacial score (nSPS) is 12.5. The zero-order valence-electron chi connectivity index (χ0n) is 6.95. The largest absolute Gasteiger partial charge is 0.477 e. The second-order valence-electron chi connectivity index (χ2n) is 2.75. The van der Waals surface area contributed by atoms with Gasteiger partial charge in [0.15, 0.2) is 0 Å². The molecule has 0 aliphatic carbocycles. The molecule has 0 aromatic heterocycles. The van der Waals surface area contributed by atoms with Gasteiger partial charge < -0.3 is 10.8 Å². The number of carboxylic acids is 1. The van der Waals surface area contributed by atoms with Crippen molar-refractivity contribution in [3.8, 4) is 0 Å². The average Bonchev–Trinajstić information content (AvgIpc) is 2.04. The third-order valence-corrected chi connectivity index (χ3v) is 1.86. The fourth-order valence-corrected chi connectivity index (χ4v) is 1.11. The van der Waals surface area contributed by atoms with Crippen LogP contribution in [0.1, 0.15) is 17.2 Å². The summed E-state index contributed by atoms with van der Waals surface area (Å²) >= 11 is 0. The van der Waals surface area contributed by atoms with Crippen LogP contribution in [-0.4, -0.2) is 11.1 Å². The van der Waals surface area contributed by atoms with E-state index in [1.807, 2.05) is 25.1 Å². The molecule has 64 valence electrons. The first-order valence-electron chi connectivity index (χ1n) is 3.74. The Morgan fingerprint density at radius 1 is 1.50 bits per heavy atom. The summed E-state index contributed by atoms with van der Waals surface area (Å²) in [4.78, 5) is 10.6. The first kappa shape index (κ1) is 8.74. The van der Waals surface area contributed by atoms with Gasteiger partial charge in [-0.25, -0.2) is 4.79 Å². The minimum absolute atomic E-state index is 0.661. The molecule has 3 nitrogen and oxygen atoms in total. The lowest BCUT2D eigenvalue weighted by molar-refractivity contribution is -0.413. The molecule has 4 N–H and O–H groups in total. The van der Waals surface area contributed by atoms with Crippen LogP contribution in [0.2, 0.25) is 0 Å². The lowest BCUT2D eigenvalue weighted by atomic mass is 10.0. The van der Waals surface area contributed by atoms with E-state index < -0.39 is 12.0 Å².